The van der Waals surface area contributed by atoms with Crippen LogP contribution < -0.4 is 4.90 Å². The van der Waals surface area contributed by atoms with E-state index in [2.05, 4.69) is 266 Å². The van der Waals surface area contributed by atoms with Crippen LogP contribution in [0.1, 0.15) is 22.3 Å². The normalized spacial score (nSPS) is 12.3. The molecule has 0 amide bonds. The summed E-state index contributed by atoms with van der Waals surface area (Å²) in [7, 11) is 0. The SMILES string of the molecule is c1ccc(-c2ccc(N(c3ccc(-c4ccccc4)cc3)c3ccc(-c4cc5c(cc4-c4ccccc4)C(c4ccccc4)(c4ccccc4)c4ccccc4-5)cc3)cc2)cc1. The van der Waals surface area contributed by atoms with Gasteiger partial charge in [-0.2, -0.15) is 0 Å². The van der Waals surface area contributed by atoms with Gasteiger partial charge in [-0.3, -0.25) is 0 Å². The van der Waals surface area contributed by atoms with Gasteiger partial charge < -0.3 is 4.90 Å². The monoisotopic (exact) mass is 789 g/mol. The van der Waals surface area contributed by atoms with Crippen LogP contribution in [-0.4, -0.2) is 0 Å². The number of nitrogens with zero attached hydrogens (tertiary/aromatic N) is 1. The summed E-state index contributed by atoms with van der Waals surface area (Å²) in [6.45, 7) is 0. The molecule has 0 N–H and O–H groups in total. The van der Waals surface area contributed by atoms with Gasteiger partial charge in [0.2, 0.25) is 0 Å². The van der Waals surface area contributed by atoms with Crippen LogP contribution in [0.15, 0.2) is 261 Å². The maximum atomic E-state index is 2.49. The fourth-order valence-corrected chi connectivity index (χ4v) is 9.69. The van der Waals surface area contributed by atoms with E-state index >= 15 is 0 Å². The predicted molar refractivity (Wildman–Crippen MR) is 260 cm³/mol. The second kappa shape index (κ2) is 15.9. The zero-order valence-corrected chi connectivity index (χ0v) is 34.3. The van der Waals surface area contributed by atoms with E-state index in [-0.39, 0.29) is 0 Å². The molecule has 0 aromatic heterocycles. The van der Waals surface area contributed by atoms with Gasteiger partial charge in [-0.15, -0.1) is 0 Å². The van der Waals surface area contributed by atoms with Crippen LogP contribution in [0.3, 0.4) is 0 Å². The standard InChI is InChI=1S/C61H43N/c1-6-18-44(19-7-1)46-30-36-52(37-31-46)62(53-38-32-47(33-39-53)45-20-8-2-9-21-45)54-40-34-49(35-41-54)56-42-58-55-28-16-17-29-59(55)61(50-24-12-4-13-25-50,51-26-14-5-15-27-51)60(58)43-57(56)48-22-10-3-11-23-48/h1-43H. The fraction of sp³-hybridized carbons (Fsp3) is 0.0164. The first-order chi connectivity index (χ1) is 30.8. The maximum absolute atomic E-state index is 2.49. The third-order valence-electron chi connectivity index (χ3n) is 12.6. The first-order valence-electron chi connectivity index (χ1n) is 21.4. The molecule has 1 aliphatic rings. The van der Waals surface area contributed by atoms with Gasteiger partial charge in [0.25, 0.3) is 0 Å². The van der Waals surface area contributed by atoms with Crippen LogP contribution in [0.5, 0.6) is 0 Å². The summed E-state index contributed by atoms with van der Waals surface area (Å²) in [5, 5.41) is 0. The average Bonchev–Trinajstić information content (AvgIpc) is 3.66. The van der Waals surface area contributed by atoms with Gasteiger partial charge in [-0.25, -0.2) is 0 Å². The van der Waals surface area contributed by atoms with Crippen molar-refractivity contribution in [3.63, 3.8) is 0 Å². The highest BCUT2D eigenvalue weighted by atomic mass is 15.1. The zero-order valence-electron chi connectivity index (χ0n) is 34.3. The summed E-state index contributed by atoms with van der Waals surface area (Å²) in [6, 6.07) is 95.1. The van der Waals surface area contributed by atoms with Crippen molar-refractivity contribution < 1.29 is 0 Å². The molecule has 0 radical (unpaired) electrons. The summed E-state index contributed by atoms with van der Waals surface area (Å²) >= 11 is 0. The van der Waals surface area contributed by atoms with Crippen LogP contribution in [0.4, 0.5) is 17.1 Å². The van der Waals surface area contributed by atoms with Crippen molar-refractivity contribution >= 4 is 17.1 Å². The Morgan fingerprint density at radius 1 is 0.226 bits per heavy atom. The van der Waals surface area contributed by atoms with E-state index in [1.165, 1.54) is 77.9 Å². The number of rotatable bonds is 9. The summed E-state index contributed by atoms with van der Waals surface area (Å²) in [5.74, 6) is 0. The minimum atomic E-state index is -0.479. The van der Waals surface area contributed by atoms with Crippen molar-refractivity contribution in [2.24, 2.45) is 0 Å². The van der Waals surface area contributed by atoms with Crippen molar-refractivity contribution in [2.45, 2.75) is 5.41 Å². The Bertz CT molecular complexity index is 2980. The molecule has 10 aromatic rings. The highest BCUT2D eigenvalue weighted by Crippen LogP contribution is 2.58. The third kappa shape index (κ3) is 6.43. The molecule has 0 aliphatic heterocycles. The molecule has 292 valence electrons. The molecule has 0 atom stereocenters. The van der Waals surface area contributed by atoms with Gasteiger partial charge in [0, 0.05) is 17.1 Å². The van der Waals surface area contributed by atoms with Crippen LogP contribution in [-0.2, 0) is 5.41 Å². The van der Waals surface area contributed by atoms with E-state index < -0.39 is 5.41 Å². The Hall–Kier alpha value is -8.00. The lowest BCUT2D eigenvalue weighted by atomic mass is 9.67. The lowest BCUT2D eigenvalue weighted by Crippen LogP contribution is -2.28. The molecule has 11 rings (SSSR count). The quantitative estimate of drug-likeness (QED) is 0.141. The molecule has 1 heteroatoms. The molecule has 0 unspecified atom stereocenters. The van der Waals surface area contributed by atoms with E-state index in [9.17, 15) is 0 Å². The van der Waals surface area contributed by atoms with Gasteiger partial charge in [0.05, 0.1) is 5.41 Å². The topological polar surface area (TPSA) is 3.24 Å². The van der Waals surface area contributed by atoms with E-state index in [4.69, 9.17) is 0 Å². The summed E-state index contributed by atoms with van der Waals surface area (Å²) in [4.78, 5) is 2.36. The minimum absolute atomic E-state index is 0.479. The van der Waals surface area contributed by atoms with Crippen molar-refractivity contribution in [3.8, 4) is 55.6 Å². The smallest absolute Gasteiger partial charge is 0.0713 e. The first kappa shape index (κ1) is 37.0. The summed E-state index contributed by atoms with van der Waals surface area (Å²) in [6.07, 6.45) is 0. The second-order valence-electron chi connectivity index (χ2n) is 16.0. The van der Waals surface area contributed by atoms with Gasteiger partial charge >= 0.3 is 0 Å². The third-order valence-corrected chi connectivity index (χ3v) is 12.6. The van der Waals surface area contributed by atoms with Gasteiger partial charge in [-0.05, 0) is 126 Å². The van der Waals surface area contributed by atoms with E-state index in [0.717, 1.165) is 17.1 Å². The predicted octanol–water partition coefficient (Wildman–Crippen LogP) is 16.2. The number of anilines is 3. The van der Waals surface area contributed by atoms with E-state index in [1.807, 2.05) is 0 Å². The molecule has 0 heterocycles. The van der Waals surface area contributed by atoms with Crippen LogP contribution in [0, 0.1) is 0 Å². The Morgan fingerprint density at radius 3 is 1.03 bits per heavy atom. The molecule has 1 aliphatic carbocycles. The van der Waals surface area contributed by atoms with Crippen LogP contribution in [0.2, 0.25) is 0 Å². The van der Waals surface area contributed by atoms with Crippen molar-refractivity contribution in [1.82, 2.24) is 0 Å². The summed E-state index contributed by atoms with van der Waals surface area (Å²) < 4.78 is 0. The Morgan fingerprint density at radius 2 is 0.565 bits per heavy atom. The van der Waals surface area contributed by atoms with Crippen LogP contribution in [0.25, 0.3) is 55.6 Å². The molecular formula is C61H43N. The molecule has 0 saturated heterocycles. The molecule has 0 bridgehead atoms. The lowest BCUT2D eigenvalue weighted by Gasteiger charge is -2.34. The fourth-order valence-electron chi connectivity index (χ4n) is 9.69. The van der Waals surface area contributed by atoms with Gasteiger partial charge in [0.1, 0.15) is 0 Å². The molecule has 10 aromatic carbocycles. The number of fused-ring (bicyclic) bond motifs is 3. The molecule has 1 nitrogen and oxygen atoms in total. The lowest BCUT2D eigenvalue weighted by molar-refractivity contribution is 0.769. The maximum Gasteiger partial charge on any atom is 0.0713 e. The summed E-state index contributed by atoms with van der Waals surface area (Å²) in [5.41, 5.74) is 20.1. The molecule has 62 heavy (non-hydrogen) atoms. The number of hydrogen-bond donors (Lipinski definition) is 0. The zero-order chi connectivity index (χ0) is 41.3. The van der Waals surface area contributed by atoms with Crippen molar-refractivity contribution in [2.75, 3.05) is 4.90 Å². The Labute approximate surface area is 364 Å². The Kier molecular flexibility index (Phi) is 9.48. The number of benzene rings is 10. The second-order valence-corrected chi connectivity index (χ2v) is 16.0. The number of hydrogen-bond acceptors (Lipinski definition) is 1. The largest absolute Gasteiger partial charge is 0.311 e. The highest BCUT2D eigenvalue weighted by molar-refractivity contribution is 5.95. The molecular weight excluding hydrogens is 747 g/mol. The first-order valence-corrected chi connectivity index (χ1v) is 21.4. The van der Waals surface area contributed by atoms with E-state index in [0.29, 0.717) is 0 Å². The van der Waals surface area contributed by atoms with Gasteiger partial charge in [0.15, 0.2) is 0 Å². The van der Waals surface area contributed by atoms with E-state index in [1.54, 1.807) is 0 Å². The van der Waals surface area contributed by atoms with Gasteiger partial charge in [-0.1, -0.05) is 212 Å². The van der Waals surface area contributed by atoms with Crippen molar-refractivity contribution in [1.29, 1.82) is 0 Å². The molecule has 0 saturated carbocycles. The minimum Gasteiger partial charge on any atom is -0.311 e. The van der Waals surface area contributed by atoms with Crippen molar-refractivity contribution in [3.05, 3.63) is 283 Å². The van der Waals surface area contributed by atoms with Crippen LogP contribution >= 0.6 is 0 Å². The average molecular weight is 790 g/mol. The highest BCUT2D eigenvalue weighted by Gasteiger charge is 2.46. The Balaban J connectivity index is 1.07. The molecule has 0 spiro atoms. The molecule has 0 fully saturated rings.